The Balaban J connectivity index is 2.00. The number of anilines is 1. The van der Waals surface area contributed by atoms with Crippen molar-refractivity contribution in [1.29, 1.82) is 0 Å². The van der Waals surface area contributed by atoms with Crippen LogP contribution in [0.25, 0.3) is 0 Å². The number of carbonyl (C=O) groups excluding carboxylic acids is 1. The van der Waals surface area contributed by atoms with Gasteiger partial charge in [0.25, 0.3) is 0 Å². The third-order valence-electron chi connectivity index (χ3n) is 3.33. The minimum atomic E-state index is -2.91. The Morgan fingerprint density at radius 1 is 1.22 bits per heavy atom. The Morgan fingerprint density at radius 3 is 2.44 bits per heavy atom. The molecule has 1 amide bonds. The van der Waals surface area contributed by atoms with Gasteiger partial charge in [0.2, 0.25) is 5.91 Å². The summed E-state index contributed by atoms with van der Waals surface area (Å²) >= 11 is 0. The molecule has 1 aromatic carbocycles. The minimum absolute atomic E-state index is 0.0702. The zero-order chi connectivity index (χ0) is 13.2. The van der Waals surface area contributed by atoms with Gasteiger partial charge in [-0.1, -0.05) is 18.2 Å². The summed E-state index contributed by atoms with van der Waals surface area (Å²) in [5, 5.41) is 2.87. The molecule has 4 nitrogen and oxygen atoms in total. The molecule has 1 aromatic rings. The molecule has 2 rings (SSSR count). The van der Waals surface area contributed by atoms with E-state index in [4.69, 9.17) is 0 Å². The summed E-state index contributed by atoms with van der Waals surface area (Å²) in [6, 6.07) is 7.57. The summed E-state index contributed by atoms with van der Waals surface area (Å²) in [7, 11) is -2.91. The number of para-hydroxylation sites is 1. The number of benzene rings is 1. The standard InChI is InChI=1S/C13H17NO3S/c1-10-4-2-3-5-12(10)14-13(15)11-6-8-18(16,17)9-7-11/h2-5,11H,6-9H2,1H3,(H,14,15). The van der Waals surface area contributed by atoms with Crippen molar-refractivity contribution in [2.75, 3.05) is 16.8 Å². The molecule has 1 fully saturated rings. The van der Waals surface area contributed by atoms with Crippen LogP contribution >= 0.6 is 0 Å². The summed E-state index contributed by atoms with van der Waals surface area (Å²) in [5.74, 6) is -0.00937. The highest BCUT2D eigenvalue weighted by Crippen LogP contribution is 2.21. The molecular weight excluding hydrogens is 250 g/mol. The SMILES string of the molecule is Cc1ccccc1NC(=O)C1CCS(=O)(=O)CC1. The largest absolute Gasteiger partial charge is 0.326 e. The second kappa shape index (κ2) is 5.10. The van der Waals surface area contributed by atoms with Crippen LogP contribution in [0.5, 0.6) is 0 Å². The highest BCUT2D eigenvalue weighted by molar-refractivity contribution is 7.91. The van der Waals surface area contributed by atoms with Gasteiger partial charge in [0.1, 0.15) is 9.84 Å². The van der Waals surface area contributed by atoms with Crippen LogP contribution in [0.2, 0.25) is 0 Å². The average molecular weight is 267 g/mol. The number of hydrogen-bond acceptors (Lipinski definition) is 3. The molecular formula is C13H17NO3S. The number of aryl methyl sites for hydroxylation is 1. The van der Waals surface area contributed by atoms with Gasteiger partial charge in [0.05, 0.1) is 11.5 Å². The molecule has 18 heavy (non-hydrogen) atoms. The van der Waals surface area contributed by atoms with Crippen molar-refractivity contribution < 1.29 is 13.2 Å². The van der Waals surface area contributed by atoms with E-state index in [-0.39, 0.29) is 23.3 Å². The van der Waals surface area contributed by atoms with E-state index in [1.54, 1.807) is 0 Å². The molecule has 5 heteroatoms. The van der Waals surface area contributed by atoms with E-state index in [0.717, 1.165) is 11.3 Å². The second-order valence-electron chi connectivity index (χ2n) is 4.73. The van der Waals surface area contributed by atoms with E-state index in [9.17, 15) is 13.2 Å². The van der Waals surface area contributed by atoms with Gasteiger partial charge < -0.3 is 5.32 Å². The van der Waals surface area contributed by atoms with E-state index in [1.807, 2.05) is 31.2 Å². The van der Waals surface area contributed by atoms with Crippen molar-refractivity contribution in [3.63, 3.8) is 0 Å². The summed E-state index contributed by atoms with van der Waals surface area (Å²) in [6.07, 6.45) is 0.861. The molecule has 0 unspecified atom stereocenters. The van der Waals surface area contributed by atoms with Crippen molar-refractivity contribution in [1.82, 2.24) is 0 Å². The average Bonchev–Trinajstić information content (AvgIpc) is 2.32. The quantitative estimate of drug-likeness (QED) is 0.888. The molecule has 1 aliphatic heterocycles. The van der Waals surface area contributed by atoms with E-state index in [0.29, 0.717) is 12.8 Å². The van der Waals surface area contributed by atoms with Crippen LogP contribution in [0, 0.1) is 12.8 Å². The first-order valence-corrected chi connectivity index (χ1v) is 7.87. The van der Waals surface area contributed by atoms with Crippen LogP contribution in [-0.2, 0) is 14.6 Å². The number of rotatable bonds is 2. The van der Waals surface area contributed by atoms with Crippen LogP contribution in [0.15, 0.2) is 24.3 Å². The van der Waals surface area contributed by atoms with Crippen molar-refractivity contribution in [3.05, 3.63) is 29.8 Å². The first-order chi connectivity index (χ1) is 8.48. The lowest BCUT2D eigenvalue weighted by molar-refractivity contribution is -0.120. The maximum Gasteiger partial charge on any atom is 0.227 e. The molecule has 1 saturated heterocycles. The molecule has 98 valence electrons. The number of nitrogens with one attached hydrogen (secondary N) is 1. The normalized spacial score (nSPS) is 19.4. The van der Waals surface area contributed by atoms with Crippen LogP contribution in [0.4, 0.5) is 5.69 Å². The van der Waals surface area contributed by atoms with Crippen molar-refractivity contribution in [3.8, 4) is 0 Å². The Bertz CT molecular complexity index is 537. The second-order valence-corrected chi connectivity index (χ2v) is 7.03. The molecule has 0 aliphatic carbocycles. The fraction of sp³-hybridized carbons (Fsp3) is 0.462. The van der Waals surface area contributed by atoms with Gasteiger partial charge >= 0.3 is 0 Å². The van der Waals surface area contributed by atoms with Crippen molar-refractivity contribution in [2.45, 2.75) is 19.8 Å². The first-order valence-electron chi connectivity index (χ1n) is 6.05. The first kappa shape index (κ1) is 13.1. The van der Waals surface area contributed by atoms with Crippen LogP contribution in [-0.4, -0.2) is 25.8 Å². The van der Waals surface area contributed by atoms with Crippen molar-refractivity contribution in [2.24, 2.45) is 5.92 Å². The molecule has 1 heterocycles. The Hall–Kier alpha value is -1.36. The Labute approximate surface area is 107 Å². The topological polar surface area (TPSA) is 63.2 Å². The molecule has 1 aliphatic rings. The smallest absolute Gasteiger partial charge is 0.227 e. The van der Waals surface area contributed by atoms with Gasteiger partial charge in [-0.3, -0.25) is 4.79 Å². The Morgan fingerprint density at radius 2 is 1.83 bits per heavy atom. The van der Waals surface area contributed by atoms with Gasteiger partial charge in [-0.05, 0) is 31.4 Å². The van der Waals surface area contributed by atoms with Crippen LogP contribution < -0.4 is 5.32 Å². The molecule has 0 aromatic heterocycles. The number of amides is 1. The molecule has 0 spiro atoms. The highest BCUT2D eigenvalue weighted by atomic mass is 32.2. The molecule has 0 atom stereocenters. The fourth-order valence-corrected chi connectivity index (χ4v) is 3.59. The lowest BCUT2D eigenvalue weighted by atomic mass is 10.0. The third kappa shape index (κ3) is 3.10. The Kier molecular flexibility index (Phi) is 3.71. The summed E-state index contributed by atoms with van der Waals surface area (Å²) in [6.45, 7) is 1.93. The predicted molar refractivity (Wildman–Crippen MR) is 71.2 cm³/mol. The zero-order valence-electron chi connectivity index (χ0n) is 10.3. The summed E-state index contributed by atoms with van der Waals surface area (Å²) in [5.41, 5.74) is 1.81. The lowest BCUT2D eigenvalue weighted by Crippen LogP contribution is -2.32. The van der Waals surface area contributed by atoms with E-state index < -0.39 is 9.84 Å². The zero-order valence-corrected chi connectivity index (χ0v) is 11.2. The molecule has 0 saturated carbocycles. The van der Waals surface area contributed by atoms with Crippen molar-refractivity contribution >= 4 is 21.4 Å². The fourth-order valence-electron chi connectivity index (χ4n) is 2.10. The van der Waals surface area contributed by atoms with E-state index in [1.165, 1.54) is 0 Å². The highest BCUT2D eigenvalue weighted by Gasteiger charge is 2.28. The molecule has 1 N–H and O–H groups in total. The monoisotopic (exact) mass is 267 g/mol. The van der Waals surface area contributed by atoms with Gasteiger partial charge in [0, 0.05) is 11.6 Å². The van der Waals surface area contributed by atoms with E-state index >= 15 is 0 Å². The summed E-state index contributed by atoms with van der Waals surface area (Å²) in [4.78, 5) is 12.0. The maximum absolute atomic E-state index is 12.0. The molecule has 0 radical (unpaired) electrons. The number of hydrogen-bond donors (Lipinski definition) is 1. The predicted octanol–water partition coefficient (Wildman–Crippen LogP) is 1.76. The van der Waals surface area contributed by atoms with Crippen LogP contribution in [0.3, 0.4) is 0 Å². The summed E-state index contributed by atoms with van der Waals surface area (Å²) < 4.78 is 22.6. The molecule has 0 bridgehead atoms. The van der Waals surface area contributed by atoms with Gasteiger partial charge in [0.15, 0.2) is 0 Å². The number of sulfone groups is 1. The maximum atomic E-state index is 12.0. The van der Waals surface area contributed by atoms with E-state index in [2.05, 4.69) is 5.32 Å². The van der Waals surface area contributed by atoms with Crippen LogP contribution in [0.1, 0.15) is 18.4 Å². The minimum Gasteiger partial charge on any atom is -0.326 e. The van der Waals surface area contributed by atoms with Gasteiger partial charge in [-0.15, -0.1) is 0 Å². The number of carbonyl (C=O) groups is 1. The lowest BCUT2D eigenvalue weighted by Gasteiger charge is -2.21. The van der Waals surface area contributed by atoms with Gasteiger partial charge in [-0.25, -0.2) is 8.42 Å². The van der Waals surface area contributed by atoms with Gasteiger partial charge in [-0.2, -0.15) is 0 Å². The third-order valence-corrected chi connectivity index (χ3v) is 5.04.